The SMILES string of the molecule is CC1CC2CCC=C(C2)C1CC(=O)Nc1ccc2c(c1)NC(CCNC(=O)OC(C)(C)C)N2. The molecule has 4 N–H and O–H groups in total. The van der Waals surface area contributed by atoms with Crippen LogP contribution in [0.2, 0.25) is 0 Å². The van der Waals surface area contributed by atoms with Crippen LogP contribution in [0.25, 0.3) is 0 Å². The summed E-state index contributed by atoms with van der Waals surface area (Å²) in [5, 5.41) is 12.7. The number of hydrogen-bond acceptors (Lipinski definition) is 5. The van der Waals surface area contributed by atoms with Crippen LogP contribution >= 0.6 is 0 Å². The summed E-state index contributed by atoms with van der Waals surface area (Å²) >= 11 is 0. The second-order valence-electron chi connectivity index (χ2n) is 10.8. The number of alkyl carbamates (subject to hydrolysis) is 1. The molecule has 0 spiro atoms. The summed E-state index contributed by atoms with van der Waals surface area (Å²) in [7, 11) is 0. The summed E-state index contributed by atoms with van der Waals surface area (Å²) in [5.74, 6) is 1.85. The number of rotatable bonds is 6. The van der Waals surface area contributed by atoms with Gasteiger partial charge in [-0.3, -0.25) is 4.79 Å². The molecule has 3 aliphatic rings. The third-order valence-electron chi connectivity index (χ3n) is 6.84. The molecule has 2 bridgehead atoms. The normalized spacial score (nSPS) is 25.8. The Morgan fingerprint density at radius 2 is 1.97 bits per heavy atom. The lowest BCUT2D eigenvalue weighted by atomic mass is 9.66. The molecule has 180 valence electrons. The van der Waals surface area contributed by atoms with Gasteiger partial charge in [0.05, 0.1) is 17.5 Å². The topological polar surface area (TPSA) is 91.5 Å². The molecule has 2 amide bonds. The minimum atomic E-state index is -0.504. The molecular formula is C26H38N4O3. The van der Waals surface area contributed by atoms with Gasteiger partial charge in [0, 0.05) is 25.1 Å². The second-order valence-corrected chi connectivity index (χ2v) is 10.8. The van der Waals surface area contributed by atoms with E-state index in [9.17, 15) is 9.59 Å². The number of fused-ring (bicyclic) bond motifs is 3. The van der Waals surface area contributed by atoms with Crippen molar-refractivity contribution in [1.29, 1.82) is 0 Å². The molecule has 0 radical (unpaired) electrons. The van der Waals surface area contributed by atoms with E-state index >= 15 is 0 Å². The standard InChI is InChI=1S/C26H38N4O3/c1-16-12-17-6-5-7-18(13-17)20(16)15-24(31)28-19-8-9-21-22(14-19)30-23(29-21)10-11-27-25(32)33-26(2,3)4/h7-9,14,16-17,20,23,29-30H,5-6,10-13,15H2,1-4H3,(H,27,32)(H,28,31). The van der Waals surface area contributed by atoms with Crippen molar-refractivity contribution in [3.63, 3.8) is 0 Å². The highest BCUT2D eigenvalue weighted by Gasteiger charge is 2.34. The fourth-order valence-corrected chi connectivity index (χ4v) is 5.38. The van der Waals surface area contributed by atoms with Crippen molar-refractivity contribution < 1.29 is 14.3 Å². The summed E-state index contributed by atoms with van der Waals surface area (Å²) in [5.41, 5.74) is 3.76. The van der Waals surface area contributed by atoms with E-state index in [1.165, 1.54) is 31.3 Å². The van der Waals surface area contributed by atoms with E-state index in [2.05, 4.69) is 34.3 Å². The third-order valence-corrected chi connectivity index (χ3v) is 6.84. The third kappa shape index (κ3) is 6.21. The van der Waals surface area contributed by atoms with Gasteiger partial charge in [0.25, 0.3) is 0 Å². The number of amides is 2. The molecule has 0 aromatic heterocycles. The van der Waals surface area contributed by atoms with Crippen molar-refractivity contribution >= 4 is 29.1 Å². The van der Waals surface area contributed by atoms with E-state index in [0.29, 0.717) is 31.2 Å². The Labute approximate surface area is 197 Å². The summed E-state index contributed by atoms with van der Waals surface area (Å²) in [6.07, 6.45) is 8.14. The van der Waals surface area contributed by atoms with Crippen LogP contribution in [0.5, 0.6) is 0 Å². The molecular weight excluding hydrogens is 416 g/mol. The Bertz CT molecular complexity index is 921. The smallest absolute Gasteiger partial charge is 0.407 e. The zero-order valence-corrected chi connectivity index (χ0v) is 20.3. The lowest BCUT2D eigenvalue weighted by molar-refractivity contribution is -0.117. The number of ether oxygens (including phenoxy) is 1. The van der Waals surface area contributed by atoms with Gasteiger partial charge in [-0.15, -0.1) is 0 Å². The van der Waals surface area contributed by atoms with Crippen LogP contribution in [0.15, 0.2) is 29.8 Å². The van der Waals surface area contributed by atoms with E-state index in [1.54, 1.807) is 0 Å². The molecule has 33 heavy (non-hydrogen) atoms. The first kappa shape index (κ1) is 23.5. The number of nitrogens with one attached hydrogen (secondary N) is 4. The van der Waals surface area contributed by atoms with Crippen molar-refractivity contribution in [3.05, 3.63) is 29.8 Å². The van der Waals surface area contributed by atoms with Crippen LogP contribution in [0, 0.1) is 17.8 Å². The first-order chi connectivity index (χ1) is 15.7. The van der Waals surface area contributed by atoms with Crippen LogP contribution < -0.4 is 21.3 Å². The Hall–Kier alpha value is -2.70. The molecule has 1 aliphatic heterocycles. The van der Waals surface area contributed by atoms with Gasteiger partial charge in [0.1, 0.15) is 5.60 Å². The van der Waals surface area contributed by atoms with Crippen LogP contribution in [0.1, 0.15) is 66.2 Å². The maximum absolute atomic E-state index is 12.8. The summed E-state index contributed by atoms with van der Waals surface area (Å²) in [6, 6.07) is 5.89. The molecule has 1 heterocycles. The molecule has 1 aromatic carbocycles. The number of anilines is 3. The highest BCUT2D eigenvalue weighted by atomic mass is 16.6. The van der Waals surface area contributed by atoms with E-state index in [1.807, 2.05) is 39.0 Å². The van der Waals surface area contributed by atoms with E-state index in [4.69, 9.17) is 4.74 Å². The molecule has 2 aliphatic carbocycles. The molecule has 0 saturated heterocycles. The predicted octanol–water partition coefficient (Wildman–Crippen LogP) is 5.48. The van der Waals surface area contributed by atoms with Crippen LogP contribution in [-0.4, -0.2) is 30.3 Å². The van der Waals surface area contributed by atoms with Crippen molar-refractivity contribution in [1.82, 2.24) is 5.32 Å². The average Bonchev–Trinajstić information content (AvgIpc) is 3.12. The van der Waals surface area contributed by atoms with Crippen molar-refractivity contribution in [2.24, 2.45) is 17.8 Å². The first-order valence-electron chi connectivity index (χ1n) is 12.3. The maximum atomic E-state index is 12.8. The van der Waals surface area contributed by atoms with Crippen molar-refractivity contribution in [2.75, 3.05) is 22.5 Å². The van der Waals surface area contributed by atoms with Crippen LogP contribution in [0.3, 0.4) is 0 Å². The van der Waals surface area contributed by atoms with Gasteiger partial charge in [0.2, 0.25) is 5.91 Å². The lowest BCUT2D eigenvalue weighted by Crippen LogP contribution is -2.35. The molecule has 1 fully saturated rings. The molecule has 1 saturated carbocycles. The van der Waals surface area contributed by atoms with E-state index in [-0.39, 0.29) is 12.1 Å². The van der Waals surface area contributed by atoms with E-state index < -0.39 is 11.7 Å². The van der Waals surface area contributed by atoms with Gasteiger partial charge in [-0.25, -0.2) is 4.79 Å². The first-order valence-corrected chi connectivity index (χ1v) is 12.3. The van der Waals surface area contributed by atoms with Crippen LogP contribution in [0.4, 0.5) is 21.9 Å². The Kier molecular flexibility index (Phi) is 6.86. The molecule has 4 unspecified atom stereocenters. The van der Waals surface area contributed by atoms with Crippen LogP contribution in [-0.2, 0) is 9.53 Å². The fraction of sp³-hybridized carbons (Fsp3) is 0.615. The fourth-order valence-electron chi connectivity index (χ4n) is 5.38. The summed E-state index contributed by atoms with van der Waals surface area (Å²) in [4.78, 5) is 24.6. The van der Waals surface area contributed by atoms with Crippen molar-refractivity contribution in [3.8, 4) is 0 Å². The van der Waals surface area contributed by atoms with Gasteiger partial charge in [-0.2, -0.15) is 0 Å². The van der Waals surface area contributed by atoms with Gasteiger partial charge in [-0.05, 0) is 82.4 Å². The molecule has 4 atom stereocenters. The minimum Gasteiger partial charge on any atom is -0.444 e. The Morgan fingerprint density at radius 3 is 2.76 bits per heavy atom. The molecule has 4 rings (SSSR count). The average molecular weight is 455 g/mol. The highest BCUT2D eigenvalue weighted by Crippen LogP contribution is 2.44. The number of hydrogen-bond donors (Lipinski definition) is 4. The zero-order valence-electron chi connectivity index (χ0n) is 20.3. The van der Waals surface area contributed by atoms with E-state index in [0.717, 1.165) is 23.0 Å². The Morgan fingerprint density at radius 1 is 1.18 bits per heavy atom. The number of carbonyl (C=O) groups excluding carboxylic acids is 2. The van der Waals surface area contributed by atoms with Gasteiger partial charge in [-0.1, -0.05) is 18.6 Å². The summed E-state index contributed by atoms with van der Waals surface area (Å²) < 4.78 is 5.27. The van der Waals surface area contributed by atoms with Gasteiger partial charge < -0.3 is 26.0 Å². The van der Waals surface area contributed by atoms with Gasteiger partial charge >= 0.3 is 6.09 Å². The molecule has 1 aromatic rings. The zero-order chi connectivity index (χ0) is 23.6. The predicted molar refractivity (Wildman–Crippen MR) is 132 cm³/mol. The Balaban J connectivity index is 1.26. The minimum absolute atomic E-state index is 0.00941. The number of allylic oxidation sites excluding steroid dienone is 2. The molecule has 7 nitrogen and oxygen atoms in total. The monoisotopic (exact) mass is 454 g/mol. The van der Waals surface area contributed by atoms with Gasteiger partial charge in [0.15, 0.2) is 0 Å². The summed E-state index contributed by atoms with van der Waals surface area (Å²) in [6.45, 7) is 8.33. The maximum Gasteiger partial charge on any atom is 0.407 e. The molecule has 7 heteroatoms. The quantitative estimate of drug-likeness (QED) is 0.428. The number of benzene rings is 1. The van der Waals surface area contributed by atoms with Crippen molar-refractivity contribution in [2.45, 2.75) is 78.0 Å². The lowest BCUT2D eigenvalue weighted by Gasteiger charge is -2.39. The second kappa shape index (κ2) is 9.65. The number of carbonyl (C=O) groups is 2. The highest BCUT2D eigenvalue weighted by molar-refractivity contribution is 5.93. The largest absolute Gasteiger partial charge is 0.444 e.